The molecule has 0 bridgehead atoms. The van der Waals surface area contributed by atoms with Crippen LogP contribution in [-0.2, 0) is 0 Å². The average molecular weight is 362 g/mol. The van der Waals surface area contributed by atoms with Crippen molar-refractivity contribution in [3.8, 4) is 0 Å². The predicted octanol–water partition coefficient (Wildman–Crippen LogP) is 1.14. The Morgan fingerprint density at radius 3 is 2.68 bits per heavy atom. The number of nitro groups is 1. The van der Waals surface area contributed by atoms with Crippen molar-refractivity contribution < 1.29 is 10.0 Å². The molecule has 19 heavy (non-hydrogen) atoms. The zero-order valence-electron chi connectivity index (χ0n) is 10.3. The van der Waals surface area contributed by atoms with Crippen molar-refractivity contribution in [2.24, 2.45) is 0 Å². The summed E-state index contributed by atoms with van der Waals surface area (Å²) in [5.74, 6) is 0. The Bertz CT molecular complexity index is 452. The van der Waals surface area contributed by atoms with Crippen LogP contribution in [0, 0.1) is 10.1 Å². The van der Waals surface area contributed by atoms with Crippen molar-refractivity contribution in [2.45, 2.75) is 12.1 Å². The van der Waals surface area contributed by atoms with Crippen molar-refractivity contribution in [1.82, 2.24) is 5.32 Å². The van der Waals surface area contributed by atoms with E-state index in [2.05, 4.69) is 26.6 Å². The maximum Gasteiger partial charge on any atom is 0.293 e. The molecule has 101 valence electrons. The summed E-state index contributed by atoms with van der Waals surface area (Å²) in [4.78, 5) is 10.5. The van der Waals surface area contributed by atoms with Crippen LogP contribution in [0.15, 0.2) is 22.7 Å². The molecule has 1 aromatic rings. The number of anilines is 1. The van der Waals surface area contributed by atoms with Crippen LogP contribution in [0.2, 0.25) is 0 Å². The Morgan fingerprint density at radius 1 is 1.47 bits per heavy atom. The number of aliphatic hydroxyl groups is 1. The first-order chi connectivity index (χ1) is 8.08. The van der Waals surface area contributed by atoms with Gasteiger partial charge in [0.05, 0.1) is 17.1 Å². The van der Waals surface area contributed by atoms with E-state index in [1.165, 1.54) is 6.07 Å². The van der Waals surface area contributed by atoms with Crippen LogP contribution in [0.25, 0.3) is 0 Å². The third kappa shape index (κ3) is 4.86. The Balaban J connectivity index is 0.00000162. The molecule has 9 heteroatoms. The summed E-state index contributed by atoms with van der Waals surface area (Å²) in [6.07, 6.45) is -0.529. The van der Waals surface area contributed by atoms with Crippen molar-refractivity contribution in [1.29, 1.82) is 0 Å². The molecule has 0 aliphatic carbocycles. The number of hydrogen-bond acceptors (Lipinski definition) is 5. The summed E-state index contributed by atoms with van der Waals surface area (Å²) in [7, 11) is 0. The second-order valence-corrected chi connectivity index (χ2v) is 4.81. The fourth-order valence-electron chi connectivity index (χ4n) is 1.79. The van der Waals surface area contributed by atoms with Gasteiger partial charge in [0.15, 0.2) is 0 Å². The average Bonchev–Trinajstić information content (AvgIpc) is 2.67. The molecule has 1 saturated heterocycles. The maximum atomic E-state index is 10.9. The summed E-state index contributed by atoms with van der Waals surface area (Å²) in [5.41, 5.74) is 0.421. The van der Waals surface area contributed by atoms with Gasteiger partial charge in [0, 0.05) is 53.2 Å². The largest absolute Gasteiger partial charge is 0.390 e. The van der Waals surface area contributed by atoms with Gasteiger partial charge >= 0.3 is 0 Å². The number of hydrogen-bond donors (Lipinski definition) is 3. The van der Waals surface area contributed by atoms with Gasteiger partial charge in [-0.15, -0.1) is 12.4 Å². The van der Waals surface area contributed by atoms with Crippen LogP contribution >= 0.6 is 28.3 Å². The molecular formula is C10H13BrClN3NaO3. The third-order valence-electron chi connectivity index (χ3n) is 2.68. The van der Waals surface area contributed by atoms with Crippen molar-refractivity contribution in [3.05, 3.63) is 32.8 Å². The molecule has 2 atom stereocenters. The molecule has 1 heterocycles. The van der Waals surface area contributed by atoms with Crippen LogP contribution < -0.4 is 10.6 Å². The summed E-state index contributed by atoms with van der Waals surface area (Å²) in [5, 5.41) is 26.5. The van der Waals surface area contributed by atoms with Gasteiger partial charge in [0.25, 0.3) is 5.69 Å². The standard InChI is InChI=1S/C10H12BrN3O3.ClH.Na/c11-6-1-2-7(9(3-6)14(16)17)13-8-4-12-5-10(8)15;;/h1-3,8,10,12-13,15H,4-5H2;1H;/t8-,10-;;/m0../s1. The second kappa shape index (κ2) is 8.41. The van der Waals surface area contributed by atoms with E-state index in [-0.39, 0.29) is 53.7 Å². The molecule has 0 amide bonds. The molecule has 3 N–H and O–H groups in total. The van der Waals surface area contributed by atoms with Gasteiger partial charge in [-0.25, -0.2) is 0 Å². The molecule has 1 fully saturated rings. The number of benzene rings is 1. The fraction of sp³-hybridized carbons (Fsp3) is 0.400. The fourth-order valence-corrected chi connectivity index (χ4v) is 2.14. The Hall–Kier alpha value is 0.110. The van der Waals surface area contributed by atoms with E-state index in [4.69, 9.17) is 0 Å². The third-order valence-corrected chi connectivity index (χ3v) is 3.17. The molecule has 0 aromatic heterocycles. The topological polar surface area (TPSA) is 87.4 Å². The van der Waals surface area contributed by atoms with Gasteiger partial charge in [-0.1, -0.05) is 15.9 Å². The maximum absolute atomic E-state index is 10.9. The summed E-state index contributed by atoms with van der Waals surface area (Å²) >= 11 is 3.20. The minimum absolute atomic E-state index is 0. The number of nitrogens with one attached hydrogen (secondary N) is 2. The molecule has 0 spiro atoms. The molecular weight excluding hydrogens is 348 g/mol. The first-order valence-electron chi connectivity index (χ1n) is 5.17. The number of aliphatic hydroxyl groups excluding tert-OH is 1. The van der Waals surface area contributed by atoms with E-state index in [0.29, 0.717) is 23.2 Å². The van der Waals surface area contributed by atoms with Crippen LogP contribution in [-0.4, -0.2) is 64.8 Å². The van der Waals surface area contributed by atoms with Crippen LogP contribution in [0.4, 0.5) is 11.4 Å². The number of rotatable bonds is 3. The molecule has 2 rings (SSSR count). The SMILES string of the molecule is Cl.O=[N+]([O-])c1cc(Br)ccc1N[C@H]1CNC[C@@H]1O.[Na]. The monoisotopic (exact) mass is 360 g/mol. The molecule has 0 unspecified atom stereocenters. The molecule has 1 aliphatic heterocycles. The van der Waals surface area contributed by atoms with Gasteiger partial charge in [-0.2, -0.15) is 0 Å². The molecule has 1 aromatic carbocycles. The first kappa shape index (κ1) is 19.1. The summed E-state index contributed by atoms with van der Waals surface area (Å²) in [6.45, 7) is 1.09. The van der Waals surface area contributed by atoms with E-state index in [9.17, 15) is 15.2 Å². The molecule has 0 saturated carbocycles. The minimum Gasteiger partial charge on any atom is -0.390 e. The van der Waals surface area contributed by atoms with Crippen LogP contribution in [0.5, 0.6) is 0 Å². The predicted molar refractivity (Wildman–Crippen MR) is 80.1 cm³/mol. The van der Waals surface area contributed by atoms with Crippen LogP contribution in [0.3, 0.4) is 0 Å². The smallest absolute Gasteiger partial charge is 0.293 e. The molecule has 6 nitrogen and oxygen atoms in total. The Kier molecular flexibility index (Phi) is 8.46. The number of nitrogens with zero attached hydrogens (tertiary/aromatic N) is 1. The van der Waals surface area contributed by atoms with Gasteiger partial charge in [0.1, 0.15) is 5.69 Å². The van der Waals surface area contributed by atoms with E-state index in [1.54, 1.807) is 12.1 Å². The minimum atomic E-state index is -0.529. The van der Waals surface area contributed by atoms with E-state index < -0.39 is 11.0 Å². The van der Waals surface area contributed by atoms with E-state index in [1.807, 2.05) is 0 Å². The molecule has 1 radical (unpaired) electrons. The zero-order valence-corrected chi connectivity index (χ0v) is 14.7. The van der Waals surface area contributed by atoms with Crippen molar-refractivity contribution in [2.75, 3.05) is 18.4 Å². The first-order valence-corrected chi connectivity index (χ1v) is 5.96. The van der Waals surface area contributed by atoms with Gasteiger partial charge < -0.3 is 15.7 Å². The summed E-state index contributed by atoms with van der Waals surface area (Å²) in [6, 6.07) is 4.60. The quantitative estimate of drug-likeness (QED) is 0.427. The number of nitro benzene ring substituents is 1. The number of β-amino-alcohol motifs (C(OH)–C–C–N with tert-alkyl or cyclic N) is 1. The Labute approximate surface area is 147 Å². The Morgan fingerprint density at radius 2 is 2.16 bits per heavy atom. The second-order valence-electron chi connectivity index (χ2n) is 3.90. The van der Waals surface area contributed by atoms with Crippen molar-refractivity contribution in [3.63, 3.8) is 0 Å². The van der Waals surface area contributed by atoms with Gasteiger partial charge in [0.2, 0.25) is 0 Å². The molecule has 1 aliphatic rings. The zero-order chi connectivity index (χ0) is 12.4. The van der Waals surface area contributed by atoms with Gasteiger partial charge in [-0.3, -0.25) is 10.1 Å². The summed E-state index contributed by atoms with van der Waals surface area (Å²) < 4.78 is 0.653. The normalized spacial score (nSPS) is 21.2. The van der Waals surface area contributed by atoms with Crippen molar-refractivity contribution >= 4 is 69.3 Å². The van der Waals surface area contributed by atoms with Gasteiger partial charge in [-0.05, 0) is 12.1 Å². The van der Waals surface area contributed by atoms with E-state index in [0.717, 1.165) is 0 Å². The van der Waals surface area contributed by atoms with Crippen LogP contribution in [0.1, 0.15) is 0 Å². The number of halogens is 2. The van der Waals surface area contributed by atoms with E-state index >= 15 is 0 Å².